The van der Waals surface area contributed by atoms with Crippen LogP contribution >= 0.6 is 0 Å². The van der Waals surface area contributed by atoms with Crippen LogP contribution in [-0.4, -0.2) is 17.0 Å². The summed E-state index contributed by atoms with van der Waals surface area (Å²) in [5.41, 5.74) is 1.37. The van der Waals surface area contributed by atoms with Crippen molar-refractivity contribution in [3.05, 3.63) is 70.1 Å². The highest BCUT2D eigenvalue weighted by Crippen LogP contribution is 2.31. The number of benzene rings is 2. The number of nitro groups is 1. The second-order valence-electron chi connectivity index (χ2n) is 4.46. The van der Waals surface area contributed by atoms with Crippen molar-refractivity contribution in [3.8, 4) is 0 Å². The predicted molar refractivity (Wildman–Crippen MR) is 76.0 cm³/mol. The molecule has 1 heterocycles. The van der Waals surface area contributed by atoms with Crippen LogP contribution in [0.2, 0.25) is 0 Å². The Hall–Kier alpha value is -2.73. The lowest BCUT2D eigenvalue weighted by molar-refractivity contribution is -0.383. The molecule has 0 aliphatic heterocycles. The highest BCUT2D eigenvalue weighted by atomic mass is 16.6. The van der Waals surface area contributed by atoms with Gasteiger partial charge in [0.1, 0.15) is 5.52 Å². The Balaban J connectivity index is 2.12. The standard InChI is InChI=1S/C15H12N2O4/c1-20-13(10-6-3-2-4-7-10)15-16-11-8-5-9-12(17(18)19)14(11)21-15/h2-9,13H,1H3. The van der Waals surface area contributed by atoms with Crippen molar-refractivity contribution >= 4 is 16.8 Å². The largest absolute Gasteiger partial charge is 0.430 e. The molecular formula is C15H12N2O4. The molecule has 0 saturated carbocycles. The fourth-order valence-electron chi connectivity index (χ4n) is 2.21. The van der Waals surface area contributed by atoms with Gasteiger partial charge in [-0.15, -0.1) is 0 Å². The number of para-hydroxylation sites is 1. The SMILES string of the molecule is COC(c1ccccc1)c1nc2cccc([N+](=O)[O-])c2o1. The molecule has 3 aromatic rings. The molecule has 6 nitrogen and oxygen atoms in total. The molecule has 0 fully saturated rings. The molecule has 21 heavy (non-hydrogen) atoms. The first kappa shape index (κ1) is 13.3. The van der Waals surface area contributed by atoms with Gasteiger partial charge in [0.2, 0.25) is 11.5 Å². The Kier molecular flexibility index (Phi) is 3.37. The number of aromatic nitrogens is 1. The predicted octanol–water partition coefficient (Wildman–Crippen LogP) is 3.47. The van der Waals surface area contributed by atoms with Gasteiger partial charge < -0.3 is 9.15 Å². The molecule has 0 N–H and O–H groups in total. The van der Waals surface area contributed by atoms with Crippen LogP contribution < -0.4 is 0 Å². The minimum Gasteiger partial charge on any atom is -0.430 e. The number of ether oxygens (including phenoxy) is 1. The van der Waals surface area contributed by atoms with Crippen LogP contribution in [0.1, 0.15) is 17.6 Å². The zero-order valence-electron chi connectivity index (χ0n) is 11.2. The molecule has 0 spiro atoms. The molecule has 2 aromatic carbocycles. The van der Waals surface area contributed by atoms with Gasteiger partial charge in [-0.1, -0.05) is 36.4 Å². The van der Waals surface area contributed by atoms with Gasteiger partial charge in [-0.05, 0) is 11.6 Å². The third-order valence-corrected chi connectivity index (χ3v) is 3.17. The zero-order valence-corrected chi connectivity index (χ0v) is 11.2. The highest BCUT2D eigenvalue weighted by molar-refractivity contribution is 5.82. The lowest BCUT2D eigenvalue weighted by Crippen LogP contribution is -2.03. The first-order chi connectivity index (χ1) is 10.2. The lowest BCUT2D eigenvalue weighted by Gasteiger charge is -2.11. The van der Waals surface area contributed by atoms with E-state index in [0.717, 1.165) is 5.56 Å². The summed E-state index contributed by atoms with van der Waals surface area (Å²) in [7, 11) is 1.54. The second-order valence-corrected chi connectivity index (χ2v) is 4.46. The first-order valence-corrected chi connectivity index (χ1v) is 6.32. The Labute approximate surface area is 120 Å². The van der Waals surface area contributed by atoms with E-state index in [1.165, 1.54) is 6.07 Å². The van der Waals surface area contributed by atoms with Gasteiger partial charge >= 0.3 is 5.69 Å². The summed E-state index contributed by atoms with van der Waals surface area (Å²) in [4.78, 5) is 14.8. The monoisotopic (exact) mass is 284 g/mol. The smallest absolute Gasteiger partial charge is 0.313 e. The average Bonchev–Trinajstić information content (AvgIpc) is 2.92. The number of methoxy groups -OCH3 is 1. The quantitative estimate of drug-likeness (QED) is 0.541. The Bertz CT molecular complexity index is 783. The maximum Gasteiger partial charge on any atom is 0.313 e. The molecule has 0 amide bonds. The van der Waals surface area contributed by atoms with Crippen molar-refractivity contribution < 1.29 is 14.1 Å². The third kappa shape index (κ3) is 2.36. The zero-order chi connectivity index (χ0) is 14.8. The number of oxazole rings is 1. The van der Waals surface area contributed by atoms with Crippen LogP contribution in [0.5, 0.6) is 0 Å². The second kappa shape index (κ2) is 5.34. The van der Waals surface area contributed by atoms with Gasteiger partial charge in [0, 0.05) is 13.2 Å². The van der Waals surface area contributed by atoms with Crippen molar-refractivity contribution in [1.82, 2.24) is 4.98 Å². The molecule has 0 saturated heterocycles. The van der Waals surface area contributed by atoms with Gasteiger partial charge in [-0.25, -0.2) is 4.98 Å². The Morgan fingerprint density at radius 1 is 1.19 bits per heavy atom. The Morgan fingerprint density at radius 2 is 1.95 bits per heavy atom. The topological polar surface area (TPSA) is 78.4 Å². The van der Waals surface area contributed by atoms with Gasteiger partial charge in [-0.2, -0.15) is 0 Å². The summed E-state index contributed by atoms with van der Waals surface area (Å²) in [5, 5.41) is 11.0. The van der Waals surface area contributed by atoms with Crippen molar-refractivity contribution in [2.45, 2.75) is 6.10 Å². The molecule has 0 aliphatic rings. The van der Waals surface area contributed by atoms with Crippen molar-refractivity contribution in [1.29, 1.82) is 0 Å². The van der Waals surface area contributed by atoms with E-state index in [2.05, 4.69) is 4.98 Å². The summed E-state index contributed by atoms with van der Waals surface area (Å²) in [6.07, 6.45) is -0.502. The van der Waals surface area contributed by atoms with Gasteiger partial charge in [-0.3, -0.25) is 10.1 Å². The summed E-state index contributed by atoms with van der Waals surface area (Å²) in [6, 6.07) is 14.1. The molecule has 0 aliphatic carbocycles. The summed E-state index contributed by atoms with van der Waals surface area (Å²) in [5.74, 6) is 0.299. The van der Waals surface area contributed by atoms with Crippen LogP contribution in [0.25, 0.3) is 11.1 Å². The van der Waals surface area contributed by atoms with Crippen LogP contribution in [0.3, 0.4) is 0 Å². The van der Waals surface area contributed by atoms with Crippen LogP contribution in [0.4, 0.5) is 5.69 Å². The summed E-state index contributed by atoms with van der Waals surface area (Å²) in [6.45, 7) is 0. The number of fused-ring (bicyclic) bond motifs is 1. The minimum atomic E-state index is -0.502. The Morgan fingerprint density at radius 3 is 2.62 bits per heavy atom. The maximum atomic E-state index is 11.0. The van der Waals surface area contributed by atoms with Gasteiger partial charge in [0.15, 0.2) is 6.10 Å². The molecule has 0 bridgehead atoms. The molecule has 6 heteroatoms. The van der Waals surface area contributed by atoms with Gasteiger partial charge in [0.25, 0.3) is 0 Å². The lowest BCUT2D eigenvalue weighted by atomic mass is 10.1. The number of nitro benzene ring substituents is 1. The van der Waals surface area contributed by atoms with Gasteiger partial charge in [0.05, 0.1) is 4.92 Å². The molecule has 1 aromatic heterocycles. The van der Waals surface area contributed by atoms with E-state index >= 15 is 0 Å². The molecule has 0 radical (unpaired) electrons. The van der Waals surface area contributed by atoms with Crippen LogP contribution in [0.15, 0.2) is 52.9 Å². The van der Waals surface area contributed by atoms with Crippen LogP contribution in [0, 0.1) is 10.1 Å². The number of hydrogen-bond acceptors (Lipinski definition) is 5. The molecule has 106 valence electrons. The average molecular weight is 284 g/mol. The van der Waals surface area contributed by atoms with Crippen molar-refractivity contribution in [2.24, 2.45) is 0 Å². The summed E-state index contributed by atoms with van der Waals surface area (Å²) >= 11 is 0. The summed E-state index contributed by atoms with van der Waals surface area (Å²) < 4.78 is 11.0. The van der Waals surface area contributed by atoms with E-state index < -0.39 is 11.0 Å². The number of hydrogen-bond donors (Lipinski definition) is 0. The molecule has 1 atom stereocenters. The fourth-order valence-corrected chi connectivity index (χ4v) is 2.21. The first-order valence-electron chi connectivity index (χ1n) is 6.32. The highest BCUT2D eigenvalue weighted by Gasteiger charge is 2.23. The molecule has 1 unspecified atom stereocenters. The molecule has 3 rings (SSSR count). The van der Waals surface area contributed by atoms with E-state index in [-0.39, 0.29) is 11.3 Å². The maximum absolute atomic E-state index is 11.0. The van der Waals surface area contributed by atoms with Crippen molar-refractivity contribution in [3.63, 3.8) is 0 Å². The van der Waals surface area contributed by atoms with E-state index in [1.807, 2.05) is 30.3 Å². The van der Waals surface area contributed by atoms with E-state index in [4.69, 9.17) is 9.15 Å². The van der Waals surface area contributed by atoms with E-state index in [0.29, 0.717) is 11.4 Å². The van der Waals surface area contributed by atoms with E-state index in [9.17, 15) is 10.1 Å². The van der Waals surface area contributed by atoms with Crippen LogP contribution in [-0.2, 0) is 4.74 Å². The van der Waals surface area contributed by atoms with Crippen molar-refractivity contribution in [2.75, 3.05) is 7.11 Å². The van der Waals surface area contributed by atoms with E-state index in [1.54, 1.807) is 19.2 Å². The number of rotatable bonds is 4. The number of nitrogens with zero attached hydrogens (tertiary/aromatic N) is 2. The molecular weight excluding hydrogens is 272 g/mol. The third-order valence-electron chi connectivity index (χ3n) is 3.17. The minimum absolute atomic E-state index is 0.103. The fraction of sp³-hybridized carbons (Fsp3) is 0.133. The number of non-ortho nitro benzene ring substituents is 1. The normalized spacial score (nSPS) is 12.4.